The Hall–Kier alpha value is -1.92. The maximum absolute atomic E-state index is 12.4. The van der Waals surface area contributed by atoms with E-state index in [4.69, 9.17) is 9.94 Å². The van der Waals surface area contributed by atoms with Gasteiger partial charge in [-0.05, 0) is 42.5 Å². The van der Waals surface area contributed by atoms with Gasteiger partial charge in [0, 0.05) is 36.4 Å². The molecule has 0 bridgehead atoms. The monoisotopic (exact) mass is 330 g/mol. The molecule has 1 aromatic carbocycles. The van der Waals surface area contributed by atoms with Crippen LogP contribution in [0.1, 0.15) is 34.3 Å². The van der Waals surface area contributed by atoms with E-state index in [0.29, 0.717) is 17.9 Å². The number of hydroxylamine groups is 1. The number of amides is 2. The van der Waals surface area contributed by atoms with Gasteiger partial charge in [-0.3, -0.25) is 14.8 Å². The molecule has 0 saturated carbocycles. The first kappa shape index (κ1) is 15.6. The zero-order valence-corrected chi connectivity index (χ0v) is 13.6. The Morgan fingerprint density at radius 3 is 2.88 bits per heavy atom. The van der Waals surface area contributed by atoms with Crippen molar-refractivity contribution in [3.8, 4) is 0 Å². The molecule has 6 heteroatoms. The van der Waals surface area contributed by atoms with Crippen molar-refractivity contribution in [1.29, 1.82) is 0 Å². The summed E-state index contributed by atoms with van der Waals surface area (Å²) in [5.74, 6) is 0.282. The Labute approximate surface area is 140 Å². The fourth-order valence-electron chi connectivity index (χ4n) is 4.26. The molecule has 1 aliphatic carbocycles. The number of fused-ring (bicyclic) bond motifs is 1. The van der Waals surface area contributed by atoms with Crippen molar-refractivity contribution in [1.82, 2.24) is 10.4 Å². The average molecular weight is 330 g/mol. The minimum Gasteiger partial charge on any atom is -0.381 e. The molecule has 1 atom stereocenters. The van der Waals surface area contributed by atoms with Crippen LogP contribution >= 0.6 is 0 Å². The van der Waals surface area contributed by atoms with Crippen molar-refractivity contribution < 1.29 is 19.5 Å². The summed E-state index contributed by atoms with van der Waals surface area (Å²) in [6.45, 7) is 3.20. The zero-order chi connectivity index (χ0) is 16.7. The van der Waals surface area contributed by atoms with Crippen molar-refractivity contribution in [2.75, 3.05) is 26.3 Å². The van der Waals surface area contributed by atoms with E-state index in [-0.39, 0.29) is 11.3 Å². The van der Waals surface area contributed by atoms with Gasteiger partial charge in [-0.2, -0.15) is 0 Å². The third kappa shape index (κ3) is 2.70. The Morgan fingerprint density at radius 1 is 1.33 bits per heavy atom. The summed E-state index contributed by atoms with van der Waals surface area (Å²) < 4.78 is 5.22. The highest BCUT2D eigenvalue weighted by Gasteiger charge is 2.45. The van der Waals surface area contributed by atoms with E-state index in [0.717, 1.165) is 51.1 Å². The van der Waals surface area contributed by atoms with Gasteiger partial charge < -0.3 is 9.64 Å². The predicted octanol–water partition coefficient (Wildman–Crippen LogP) is 1.16. The number of likely N-dealkylation sites (tertiary alicyclic amines) is 1. The Bertz CT molecular complexity index is 686. The lowest BCUT2D eigenvalue weighted by molar-refractivity contribution is -0.130. The molecule has 1 aromatic rings. The largest absolute Gasteiger partial charge is 0.381 e. The zero-order valence-electron chi connectivity index (χ0n) is 13.6. The smallest absolute Gasteiger partial charge is 0.274 e. The van der Waals surface area contributed by atoms with Crippen LogP contribution < -0.4 is 5.48 Å². The summed E-state index contributed by atoms with van der Waals surface area (Å²) in [6, 6.07) is 5.56. The molecule has 2 amide bonds. The molecule has 2 aliphatic heterocycles. The Balaban J connectivity index is 1.49. The van der Waals surface area contributed by atoms with Crippen molar-refractivity contribution >= 4 is 11.8 Å². The second kappa shape index (κ2) is 5.86. The quantitative estimate of drug-likeness (QED) is 0.644. The van der Waals surface area contributed by atoms with Crippen molar-refractivity contribution in [3.05, 3.63) is 34.9 Å². The summed E-state index contributed by atoms with van der Waals surface area (Å²) in [5, 5.41) is 8.76. The number of benzene rings is 1. The lowest BCUT2D eigenvalue weighted by Gasteiger charge is -2.35. The number of aryl methyl sites for hydroxylation is 1. The summed E-state index contributed by atoms with van der Waals surface area (Å²) in [6.07, 6.45) is 3.34. The van der Waals surface area contributed by atoms with E-state index in [1.807, 2.05) is 17.0 Å². The van der Waals surface area contributed by atoms with Gasteiger partial charge in [0.05, 0.1) is 13.2 Å². The summed E-state index contributed by atoms with van der Waals surface area (Å²) >= 11 is 0. The summed E-state index contributed by atoms with van der Waals surface area (Å²) in [7, 11) is 0. The first-order valence-corrected chi connectivity index (χ1v) is 8.50. The summed E-state index contributed by atoms with van der Waals surface area (Å²) in [4.78, 5) is 26.0. The fourth-order valence-corrected chi connectivity index (χ4v) is 4.26. The van der Waals surface area contributed by atoms with Crippen LogP contribution in [0.3, 0.4) is 0 Å². The van der Waals surface area contributed by atoms with E-state index >= 15 is 0 Å². The highest BCUT2D eigenvalue weighted by Crippen LogP contribution is 2.43. The van der Waals surface area contributed by atoms with E-state index in [1.54, 1.807) is 11.5 Å². The van der Waals surface area contributed by atoms with Gasteiger partial charge in [0.1, 0.15) is 0 Å². The average Bonchev–Trinajstić information content (AvgIpc) is 2.85. The van der Waals surface area contributed by atoms with E-state index in [1.165, 1.54) is 5.56 Å². The number of nitrogens with zero attached hydrogens (tertiary/aromatic N) is 1. The van der Waals surface area contributed by atoms with Gasteiger partial charge in [-0.1, -0.05) is 6.07 Å². The molecule has 0 unspecified atom stereocenters. The second-order valence-electron chi connectivity index (χ2n) is 7.46. The van der Waals surface area contributed by atoms with Crippen LogP contribution in [-0.4, -0.2) is 48.2 Å². The minimum atomic E-state index is -0.483. The van der Waals surface area contributed by atoms with Crippen LogP contribution in [0.2, 0.25) is 0 Å². The third-order valence-electron chi connectivity index (χ3n) is 5.65. The minimum absolute atomic E-state index is 0.0371. The molecule has 0 aromatic heterocycles. The third-order valence-corrected chi connectivity index (χ3v) is 5.65. The van der Waals surface area contributed by atoms with Gasteiger partial charge in [0.25, 0.3) is 5.91 Å². The topological polar surface area (TPSA) is 78.9 Å². The van der Waals surface area contributed by atoms with Gasteiger partial charge in [0.15, 0.2) is 0 Å². The van der Waals surface area contributed by atoms with E-state index in [9.17, 15) is 9.59 Å². The molecule has 1 spiro atoms. The molecule has 24 heavy (non-hydrogen) atoms. The second-order valence-corrected chi connectivity index (χ2v) is 7.46. The molecule has 0 radical (unpaired) electrons. The number of rotatable bonds is 3. The number of ether oxygens (including phenoxy) is 1. The number of nitrogens with one attached hydrogen (secondary N) is 1. The van der Waals surface area contributed by atoms with E-state index in [2.05, 4.69) is 0 Å². The highest BCUT2D eigenvalue weighted by atomic mass is 16.5. The Morgan fingerprint density at radius 2 is 2.17 bits per heavy atom. The van der Waals surface area contributed by atoms with Crippen LogP contribution in [0.5, 0.6) is 0 Å². The van der Waals surface area contributed by atoms with Crippen LogP contribution in [0.4, 0.5) is 0 Å². The number of hydrogen-bond acceptors (Lipinski definition) is 4. The molecule has 6 nitrogen and oxygen atoms in total. The lowest BCUT2D eigenvalue weighted by Crippen LogP contribution is -2.41. The highest BCUT2D eigenvalue weighted by molar-refractivity contribution is 5.93. The molecule has 2 saturated heterocycles. The fraction of sp³-hybridized carbons (Fsp3) is 0.556. The van der Waals surface area contributed by atoms with Crippen LogP contribution in [0.15, 0.2) is 18.2 Å². The molecular weight excluding hydrogens is 308 g/mol. The molecule has 2 fully saturated rings. The predicted molar refractivity (Wildman–Crippen MR) is 85.7 cm³/mol. The van der Waals surface area contributed by atoms with Gasteiger partial charge in [-0.25, -0.2) is 5.48 Å². The first-order valence-electron chi connectivity index (χ1n) is 8.50. The molecular formula is C18H22N2O4. The van der Waals surface area contributed by atoms with Gasteiger partial charge in [0.2, 0.25) is 5.91 Å². The van der Waals surface area contributed by atoms with Gasteiger partial charge >= 0.3 is 0 Å². The van der Waals surface area contributed by atoms with Crippen LogP contribution in [0, 0.1) is 11.3 Å². The first-order chi connectivity index (χ1) is 11.6. The molecule has 2 N–H and O–H groups in total. The van der Waals surface area contributed by atoms with E-state index < -0.39 is 5.91 Å². The maximum atomic E-state index is 12.4. The molecule has 2 heterocycles. The van der Waals surface area contributed by atoms with Crippen molar-refractivity contribution in [2.24, 2.45) is 11.3 Å². The van der Waals surface area contributed by atoms with Gasteiger partial charge in [-0.15, -0.1) is 0 Å². The van der Waals surface area contributed by atoms with Crippen LogP contribution in [0.25, 0.3) is 0 Å². The number of hydrogen-bond donors (Lipinski definition) is 2. The maximum Gasteiger partial charge on any atom is 0.274 e. The Kier molecular flexibility index (Phi) is 3.81. The van der Waals surface area contributed by atoms with Crippen molar-refractivity contribution in [3.63, 3.8) is 0 Å². The molecule has 4 rings (SSSR count). The number of carbonyl (C=O) groups excluding carboxylic acids is 2. The molecule has 3 aliphatic rings. The lowest BCUT2D eigenvalue weighted by atomic mass is 9.70. The summed E-state index contributed by atoms with van der Waals surface area (Å²) in [5.41, 5.74) is 4.56. The standard InChI is InChI=1S/C18H22N2O4/c21-16-7-18(11-20(16)8-12-9-24-10-12)4-3-13-5-14(17(22)19-23)1-2-15(13)6-18/h1-2,5,12,23H,3-4,6-11H2,(H,19,22)/t18-/m1/s1. The van der Waals surface area contributed by atoms with Crippen molar-refractivity contribution in [2.45, 2.75) is 25.7 Å². The van der Waals surface area contributed by atoms with Crippen LogP contribution in [-0.2, 0) is 22.4 Å². The normalized spacial score (nSPS) is 26.4. The SMILES string of the molecule is O=C(NO)c1ccc2c(c1)CC[C@]1(CC(=O)N(CC3COC3)C1)C2. The number of carbonyl (C=O) groups is 2. The molecule has 128 valence electrons.